The molecule has 152 valence electrons. The largest absolute Gasteiger partial charge is 0.497 e. The van der Waals surface area contributed by atoms with Crippen molar-refractivity contribution < 1.29 is 17.9 Å². The van der Waals surface area contributed by atoms with Gasteiger partial charge in [-0.05, 0) is 57.0 Å². The zero-order chi connectivity index (χ0) is 20.9. The van der Waals surface area contributed by atoms with E-state index in [1.165, 1.54) is 7.11 Å². The molecule has 0 spiro atoms. The van der Waals surface area contributed by atoms with Crippen molar-refractivity contribution in [2.45, 2.75) is 38.8 Å². The Bertz CT molecular complexity index is 894. The highest BCUT2D eigenvalue weighted by atomic mass is 32.2. The van der Waals surface area contributed by atoms with Gasteiger partial charge < -0.3 is 10.1 Å². The molecule has 0 fully saturated rings. The molecule has 2 rings (SSSR count). The molecule has 2 aromatic carbocycles. The lowest BCUT2D eigenvalue weighted by Crippen LogP contribution is -2.54. The fourth-order valence-corrected chi connectivity index (χ4v) is 4.30. The summed E-state index contributed by atoms with van der Waals surface area (Å²) < 4.78 is 31.1. The number of carbonyl (C=O) groups is 1. The van der Waals surface area contributed by atoms with Crippen LogP contribution >= 0.6 is 0 Å². The van der Waals surface area contributed by atoms with Crippen LogP contribution in [0.3, 0.4) is 0 Å². The lowest BCUT2D eigenvalue weighted by molar-refractivity contribution is -0.123. The third-order valence-electron chi connectivity index (χ3n) is 4.37. The molecule has 0 aliphatic rings. The standard InChI is InChI=1S/C21H28N2O4S/c1-16(20(24)22-21(2,3)15-17-9-7-6-8-10-17)23(28(5,25)26)18-11-13-19(27-4)14-12-18/h6-14,16H,15H2,1-5H3,(H,22,24). The Morgan fingerprint density at radius 1 is 1.11 bits per heavy atom. The maximum atomic E-state index is 12.9. The van der Waals surface area contributed by atoms with Crippen LogP contribution in [0.15, 0.2) is 54.6 Å². The third kappa shape index (κ3) is 5.73. The highest BCUT2D eigenvalue weighted by molar-refractivity contribution is 7.92. The number of sulfonamides is 1. The van der Waals surface area contributed by atoms with Crippen molar-refractivity contribution in [3.8, 4) is 5.75 Å². The van der Waals surface area contributed by atoms with E-state index in [-0.39, 0.29) is 5.91 Å². The number of rotatable bonds is 8. The Labute approximate surface area is 167 Å². The maximum Gasteiger partial charge on any atom is 0.244 e. The average molecular weight is 405 g/mol. The van der Waals surface area contributed by atoms with E-state index in [1.54, 1.807) is 31.2 Å². The quantitative estimate of drug-likeness (QED) is 0.734. The summed E-state index contributed by atoms with van der Waals surface area (Å²) in [7, 11) is -2.13. The number of hydrogen-bond acceptors (Lipinski definition) is 4. The van der Waals surface area contributed by atoms with Gasteiger partial charge in [-0.2, -0.15) is 0 Å². The first-order valence-corrected chi connectivity index (χ1v) is 10.9. The van der Waals surface area contributed by atoms with Gasteiger partial charge >= 0.3 is 0 Å². The minimum absolute atomic E-state index is 0.359. The van der Waals surface area contributed by atoms with E-state index >= 15 is 0 Å². The van der Waals surface area contributed by atoms with Crippen LogP contribution in [0.1, 0.15) is 26.3 Å². The van der Waals surface area contributed by atoms with Crippen molar-refractivity contribution in [2.24, 2.45) is 0 Å². The number of nitrogens with zero attached hydrogens (tertiary/aromatic N) is 1. The topological polar surface area (TPSA) is 75.7 Å². The van der Waals surface area contributed by atoms with Crippen molar-refractivity contribution in [1.82, 2.24) is 5.32 Å². The summed E-state index contributed by atoms with van der Waals surface area (Å²) in [6.07, 6.45) is 1.73. The molecule has 0 saturated heterocycles. The molecule has 1 atom stereocenters. The fourth-order valence-electron chi connectivity index (χ4n) is 3.13. The Morgan fingerprint density at radius 3 is 2.18 bits per heavy atom. The molecular formula is C21H28N2O4S. The number of amides is 1. The summed E-state index contributed by atoms with van der Waals surface area (Å²) in [4.78, 5) is 12.9. The molecule has 6 nitrogen and oxygen atoms in total. The van der Waals surface area contributed by atoms with Crippen LogP contribution in [0.5, 0.6) is 5.75 Å². The van der Waals surface area contributed by atoms with Crippen molar-refractivity contribution >= 4 is 21.6 Å². The van der Waals surface area contributed by atoms with Gasteiger partial charge in [0.25, 0.3) is 0 Å². The highest BCUT2D eigenvalue weighted by Crippen LogP contribution is 2.24. The van der Waals surface area contributed by atoms with Gasteiger partial charge in [-0.1, -0.05) is 30.3 Å². The van der Waals surface area contributed by atoms with E-state index in [1.807, 2.05) is 44.2 Å². The number of benzene rings is 2. The summed E-state index contributed by atoms with van der Waals surface area (Å²) in [5.41, 5.74) is 0.970. The summed E-state index contributed by atoms with van der Waals surface area (Å²) in [6, 6.07) is 15.5. The van der Waals surface area contributed by atoms with Gasteiger partial charge in [0.05, 0.1) is 19.1 Å². The molecule has 28 heavy (non-hydrogen) atoms. The molecule has 2 aromatic rings. The van der Waals surface area contributed by atoms with Crippen LogP contribution in [0, 0.1) is 0 Å². The number of ether oxygens (including phenoxy) is 1. The first-order chi connectivity index (χ1) is 13.0. The van der Waals surface area contributed by atoms with E-state index in [0.717, 1.165) is 16.1 Å². The predicted molar refractivity (Wildman–Crippen MR) is 112 cm³/mol. The first-order valence-electron chi connectivity index (χ1n) is 9.03. The second kappa shape index (κ2) is 8.65. The van der Waals surface area contributed by atoms with Gasteiger partial charge in [0.2, 0.25) is 15.9 Å². The van der Waals surface area contributed by atoms with Gasteiger partial charge in [-0.25, -0.2) is 8.42 Å². The number of carbonyl (C=O) groups excluding carboxylic acids is 1. The molecule has 0 heterocycles. The molecular weight excluding hydrogens is 376 g/mol. The molecule has 1 amide bonds. The summed E-state index contributed by atoms with van der Waals surface area (Å²) in [6.45, 7) is 5.42. The van der Waals surface area contributed by atoms with E-state index in [9.17, 15) is 13.2 Å². The molecule has 1 unspecified atom stereocenters. The van der Waals surface area contributed by atoms with Crippen LogP contribution in [-0.2, 0) is 21.2 Å². The Balaban J connectivity index is 2.21. The Kier molecular flexibility index (Phi) is 6.72. The van der Waals surface area contributed by atoms with Crippen LogP contribution in [0.2, 0.25) is 0 Å². The summed E-state index contributed by atoms with van der Waals surface area (Å²) in [5, 5.41) is 2.98. The zero-order valence-electron chi connectivity index (χ0n) is 17.0. The van der Waals surface area contributed by atoms with E-state index in [2.05, 4.69) is 5.32 Å². The number of methoxy groups -OCH3 is 1. The fraction of sp³-hybridized carbons (Fsp3) is 0.381. The molecule has 0 saturated carbocycles. The van der Waals surface area contributed by atoms with E-state index < -0.39 is 21.6 Å². The average Bonchev–Trinajstić information content (AvgIpc) is 2.61. The van der Waals surface area contributed by atoms with Gasteiger partial charge in [0.15, 0.2) is 0 Å². The van der Waals surface area contributed by atoms with Crippen LogP contribution in [0.25, 0.3) is 0 Å². The number of nitrogens with one attached hydrogen (secondary N) is 1. The van der Waals surface area contributed by atoms with E-state index in [0.29, 0.717) is 17.9 Å². The number of hydrogen-bond donors (Lipinski definition) is 1. The van der Waals surface area contributed by atoms with Crippen LogP contribution in [0.4, 0.5) is 5.69 Å². The van der Waals surface area contributed by atoms with Crippen molar-refractivity contribution in [3.05, 3.63) is 60.2 Å². The molecule has 1 N–H and O–H groups in total. The Morgan fingerprint density at radius 2 is 1.68 bits per heavy atom. The molecule has 0 aromatic heterocycles. The Hall–Kier alpha value is -2.54. The zero-order valence-corrected chi connectivity index (χ0v) is 17.8. The van der Waals surface area contributed by atoms with Crippen LogP contribution in [-0.4, -0.2) is 39.3 Å². The summed E-state index contributed by atoms with van der Waals surface area (Å²) in [5.74, 6) is 0.250. The highest BCUT2D eigenvalue weighted by Gasteiger charge is 2.32. The maximum absolute atomic E-state index is 12.9. The first kappa shape index (κ1) is 21.8. The smallest absolute Gasteiger partial charge is 0.244 e. The minimum atomic E-state index is -3.66. The molecule has 0 aliphatic heterocycles. The van der Waals surface area contributed by atoms with Gasteiger partial charge in [-0.3, -0.25) is 9.10 Å². The summed E-state index contributed by atoms with van der Waals surface area (Å²) >= 11 is 0. The normalized spacial score (nSPS) is 12.9. The molecule has 0 bridgehead atoms. The second-order valence-electron chi connectivity index (χ2n) is 7.47. The lowest BCUT2D eigenvalue weighted by atomic mass is 9.94. The monoisotopic (exact) mass is 404 g/mol. The third-order valence-corrected chi connectivity index (χ3v) is 5.61. The van der Waals surface area contributed by atoms with Gasteiger partial charge in [0, 0.05) is 5.54 Å². The predicted octanol–water partition coefficient (Wildman–Crippen LogP) is 2.99. The van der Waals surface area contributed by atoms with Crippen molar-refractivity contribution in [1.29, 1.82) is 0 Å². The van der Waals surface area contributed by atoms with Crippen molar-refractivity contribution in [3.63, 3.8) is 0 Å². The molecule has 0 aliphatic carbocycles. The van der Waals surface area contributed by atoms with Crippen molar-refractivity contribution in [2.75, 3.05) is 17.7 Å². The van der Waals surface area contributed by atoms with Gasteiger partial charge in [-0.15, -0.1) is 0 Å². The van der Waals surface area contributed by atoms with E-state index in [4.69, 9.17) is 4.74 Å². The van der Waals surface area contributed by atoms with Crippen LogP contribution < -0.4 is 14.4 Å². The molecule has 0 radical (unpaired) electrons. The van der Waals surface area contributed by atoms with Gasteiger partial charge in [0.1, 0.15) is 11.8 Å². The SMILES string of the molecule is COc1ccc(N(C(C)C(=O)NC(C)(C)Cc2ccccc2)S(C)(=O)=O)cc1. The lowest BCUT2D eigenvalue weighted by Gasteiger charge is -2.33. The minimum Gasteiger partial charge on any atom is -0.497 e. The number of anilines is 1. The molecule has 7 heteroatoms. The second-order valence-corrected chi connectivity index (χ2v) is 9.33.